The van der Waals surface area contributed by atoms with Crippen molar-refractivity contribution in [3.05, 3.63) is 146 Å². The first-order valence-corrected chi connectivity index (χ1v) is 32.0. The highest BCUT2D eigenvalue weighted by Gasteiger charge is 2.38. The van der Waals surface area contributed by atoms with Crippen LogP contribution in [-0.2, 0) is 47.4 Å². The van der Waals surface area contributed by atoms with Gasteiger partial charge in [-0.15, -0.1) is 0 Å². The molecule has 0 saturated carbocycles. The molecule has 5 N–H and O–H groups in total. The smallest absolute Gasteiger partial charge is 0.432 e. The number of sulfone groups is 3. The van der Waals surface area contributed by atoms with Crippen LogP contribution in [0, 0.1) is 55.0 Å². The number of alkyl halides is 3. The van der Waals surface area contributed by atoms with E-state index in [1.165, 1.54) is 53.4 Å². The molecular formula is C50H59Cl3F3N9O16S3. The number of nitro groups is 3. The summed E-state index contributed by atoms with van der Waals surface area (Å²) < 4.78 is 107. The van der Waals surface area contributed by atoms with Crippen LogP contribution in [0.5, 0.6) is 0 Å². The van der Waals surface area contributed by atoms with Crippen molar-refractivity contribution < 1.29 is 72.7 Å². The van der Waals surface area contributed by atoms with Crippen LogP contribution in [0.4, 0.5) is 30.2 Å². The summed E-state index contributed by atoms with van der Waals surface area (Å²) >= 11 is 17.6. The Morgan fingerprint density at radius 1 is 0.774 bits per heavy atom. The fraction of sp³-hybridized carbons (Fsp3) is 0.460. The van der Waals surface area contributed by atoms with Crippen LogP contribution in [0.1, 0.15) is 76.2 Å². The summed E-state index contributed by atoms with van der Waals surface area (Å²) in [4.78, 5) is 68.4. The zero-order valence-corrected chi connectivity index (χ0v) is 49.4. The monoisotopic (exact) mass is 1300 g/mol. The first kappa shape index (κ1) is 70.0. The second-order valence-electron chi connectivity index (χ2n) is 19.5. The first-order chi connectivity index (χ1) is 39.3. The molecule has 460 valence electrons. The average Bonchev–Trinajstić information content (AvgIpc) is 4.40. The van der Waals surface area contributed by atoms with Gasteiger partial charge >= 0.3 is 12.1 Å². The van der Waals surface area contributed by atoms with Gasteiger partial charge in [-0.2, -0.15) is 18.3 Å². The summed E-state index contributed by atoms with van der Waals surface area (Å²) in [6.07, 6.45) is 0.421. The Balaban J connectivity index is 0.000000248. The molecule has 84 heavy (non-hydrogen) atoms. The average molecular weight is 1300 g/mol. The van der Waals surface area contributed by atoms with Gasteiger partial charge in [-0.3, -0.25) is 50.0 Å². The van der Waals surface area contributed by atoms with Gasteiger partial charge in [0.15, 0.2) is 41.5 Å². The number of nitrogens with two attached hydrogens (primary N) is 1. The van der Waals surface area contributed by atoms with Crippen molar-refractivity contribution in [1.29, 1.82) is 0 Å². The number of rotatable bonds is 18. The van der Waals surface area contributed by atoms with E-state index < -0.39 is 74.6 Å². The third-order valence-corrected chi connectivity index (χ3v) is 19.9. The van der Waals surface area contributed by atoms with Crippen molar-refractivity contribution in [3.63, 3.8) is 0 Å². The fourth-order valence-corrected chi connectivity index (χ4v) is 15.2. The van der Waals surface area contributed by atoms with Gasteiger partial charge in [-0.25, -0.2) is 30.0 Å². The maximum absolute atomic E-state index is 13.0. The van der Waals surface area contributed by atoms with E-state index >= 15 is 0 Å². The first-order valence-electron chi connectivity index (χ1n) is 25.4. The van der Waals surface area contributed by atoms with Crippen LogP contribution < -0.4 is 11.1 Å². The summed E-state index contributed by atoms with van der Waals surface area (Å²) in [5, 5.41) is 49.6. The van der Waals surface area contributed by atoms with E-state index in [2.05, 4.69) is 20.5 Å². The third kappa shape index (κ3) is 22.2. The number of nitro benzene ring substituents is 3. The molecule has 34 heteroatoms. The lowest BCUT2D eigenvalue weighted by Crippen LogP contribution is -2.34. The molecular weight excluding hydrogens is 1240 g/mol. The number of nitrogens with one attached hydrogen (secondary N) is 2. The Morgan fingerprint density at radius 2 is 1.25 bits per heavy atom. The molecule has 1 aromatic heterocycles. The molecule has 0 bridgehead atoms. The van der Waals surface area contributed by atoms with E-state index in [9.17, 15) is 83.2 Å². The third-order valence-electron chi connectivity index (χ3n) is 13.1. The molecule has 3 saturated heterocycles. The van der Waals surface area contributed by atoms with Crippen molar-refractivity contribution in [2.24, 2.45) is 28.5 Å². The van der Waals surface area contributed by atoms with Crippen LogP contribution in [-0.4, -0.2) is 151 Å². The van der Waals surface area contributed by atoms with Crippen molar-refractivity contribution in [1.82, 2.24) is 20.4 Å². The molecule has 0 spiro atoms. The van der Waals surface area contributed by atoms with Crippen LogP contribution in [0.2, 0.25) is 15.1 Å². The Morgan fingerprint density at radius 3 is 1.67 bits per heavy atom. The van der Waals surface area contributed by atoms with Gasteiger partial charge < -0.3 is 21.1 Å². The lowest BCUT2D eigenvalue weighted by Gasteiger charge is -2.25. The predicted molar refractivity (Wildman–Crippen MR) is 307 cm³/mol. The molecule has 3 aromatic carbocycles. The maximum atomic E-state index is 13.0. The number of carbonyl (C=O) groups excluding carboxylic acids is 2. The minimum atomic E-state index is -4.69. The number of hydrogen-bond acceptors (Lipinski definition) is 19. The molecule has 5 heterocycles. The number of carboxylic acids is 1. The number of aromatic carboxylic acids is 1. The highest BCUT2D eigenvalue weighted by Crippen LogP contribution is 2.32. The van der Waals surface area contributed by atoms with Crippen LogP contribution >= 0.6 is 34.8 Å². The normalized spacial score (nSPS) is 18.8. The number of aromatic amines is 1. The molecule has 3 unspecified atom stereocenters. The number of nitrogens with zero attached hydrogens (tertiary/aromatic N) is 6. The van der Waals surface area contributed by atoms with E-state index in [1.807, 2.05) is 0 Å². The Kier molecular flexibility index (Phi) is 26.3. The highest BCUT2D eigenvalue weighted by molar-refractivity contribution is 7.92. The second kappa shape index (κ2) is 31.6. The fourth-order valence-electron chi connectivity index (χ4n) is 8.76. The number of allylic oxidation sites excluding steroid dienone is 1. The number of hydrogen-bond donors (Lipinski definition) is 4. The van der Waals surface area contributed by atoms with E-state index in [4.69, 9.17) is 45.6 Å². The zero-order chi connectivity index (χ0) is 62.7. The van der Waals surface area contributed by atoms with E-state index in [-0.39, 0.29) is 102 Å². The van der Waals surface area contributed by atoms with Crippen molar-refractivity contribution in [3.8, 4) is 0 Å². The molecule has 4 aliphatic rings. The van der Waals surface area contributed by atoms with E-state index in [0.717, 1.165) is 31.4 Å². The molecule has 1 amide bonds. The second-order valence-corrected chi connectivity index (χ2v) is 27.4. The molecule has 4 aliphatic heterocycles. The molecule has 0 aliphatic carbocycles. The summed E-state index contributed by atoms with van der Waals surface area (Å²) in [5.41, 5.74) is 5.14. The number of aliphatic imine (C=N–C) groups is 1. The lowest BCUT2D eigenvalue weighted by atomic mass is 10.0. The molecule has 3 atom stereocenters. The lowest BCUT2D eigenvalue weighted by molar-refractivity contribution is -0.384. The number of benzene rings is 3. The molecule has 4 aromatic rings. The SMILES string of the molecule is Cc1cc(C(=O)O)n[nH]1.NCCC1CCS(=O)(=O)C1.O=C(C1=CC(C(F)(F)F)=NC1)N(CCC1CCS(=O)(=O)C1)Cc1cccc([N+](=O)[O-])c1Cl.O=Cc1cccc([N+](=O)[O-])c1Cl.O=[N+]([O-])c1cccc(CNCCC2CCS(=O)(=O)C2)c1Cl. The summed E-state index contributed by atoms with van der Waals surface area (Å²) in [6, 6.07) is 14.3. The van der Waals surface area contributed by atoms with Crippen molar-refractivity contribution >= 4 is 105 Å². The Labute approximate surface area is 495 Å². The Hall–Kier alpha value is -6.48. The van der Waals surface area contributed by atoms with Gasteiger partial charge in [-0.05, 0) is 106 Å². The Bertz CT molecular complexity index is 3460. The standard InChI is InChI=1S/C19H19ClF3N3O5S.C13H17ClN2O4S.C7H4ClNO3.C6H13NO2S.C5H6N2O2/c20-17-13(2-1-3-15(17)26(28)29)10-25(6-4-12-5-7-32(30,31)11-12)18(27)14-8-16(24-9-14)19(21,22)23;14-13-11(2-1-3-12(13)16(17)18)8-15-6-4-10-5-7-21(19,20)9-10;8-7-5(4-10)2-1-3-6(7)9(11)12;7-3-1-6-2-4-10(8,9)5-6;1-3-2-4(5(8)9)7-6-3/h1-3,8,12H,4-7,9-11H2;1-3,10,15H,4-9H2;1-4H;6H,1-5,7H2;2H,1H3,(H,6,7)(H,8,9). The predicted octanol–water partition coefficient (Wildman–Crippen LogP) is 7.75. The van der Waals surface area contributed by atoms with Gasteiger partial charge in [-0.1, -0.05) is 65.1 Å². The number of aryl methyl sites for hydroxylation is 1. The number of carbonyl (C=O) groups is 3. The number of carboxylic acid groups (broad SMARTS) is 1. The molecule has 25 nitrogen and oxygen atoms in total. The molecule has 8 rings (SSSR count). The summed E-state index contributed by atoms with van der Waals surface area (Å²) in [7, 11) is -8.64. The summed E-state index contributed by atoms with van der Waals surface area (Å²) in [6.45, 7) is 2.89. The van der Waals surface area contributed by atoms with Gasteiger partial charge in [0, 0.05) is 54.7 Å². The van der Waals surface area contributed by atoms with E-state index in [0.29, 0.717) is 67.8 Å². The number of aromatic nitrogens is 2. The summed E-state index contributed by atoms with van der Waals surface area (Å²) in [5.74, 6) is -0.0145. The number of aldehydes is 1. The molecule has 0 radical (unpaired) electrons. The number of halogens is 6. The van der Waals surface area contributed by atoms with Gasteiger partial charge in [0.1, 0.15) is 20.8 Å². The van der Waals surface area contributed by atoms with Crippen molar-refractivity contribution in [2.75, 3.05) is 60.7 Å². The minimum Gasteiger partial charge on any atom is -0.476 e. The van der Waals surface area contributed by atoms with Gasteiger partial charge in [0.2, 0.25) is 0 Å². The largest absolute Gasteiger partial charge is 0.476 e. The quantitative estimate of drug-likeness (QED) is 0.0320. The topological polar surface area (TPSA) is 386 Å². The van der Waals surface area contributed by atoms with Gasteiger partial charge in [0.05, 0.1) is 55.8 Å². The van der Waals surface area contributed by atoms with E-state index in [1.54, 1.807) is 19.1 Å². The van der Waals surface area contributed by atoms with Crippen LogP contribution in [0.15, 0.2) is 77.3 Å². The minimum absolute atomic E-state index is 0.0172. The molecule has 3 fully saturated rings. The van der Waals surface area contributed by atoms with Crippen LogP contribution in [0.3, 0.4) is 0 Å². The zero-order valence-electron chi connectivity index (χ0n) is 44.7. The maximum Gasteiger partial charge on any atom is 0.432 e. The number of H-pyrrole nitrogens is 1. The number of amides is 1. The van der Waals surface area contributed by atoms with Crippen molar-refractivity contribution in [2.45, 2.75) is 64.7 Å². The highest BCUT2D eigenvalue weighted by atomic mass is 35.5. The van der Waals surface area contributed by atoms with Crippen LogP contribution in [0.25, 0.3) is 0 Å². The van der Waals surface area contributed by atoms with Gasteiger partial charge in [0.25, 0.3) is 23.0 Å².